The van der Waals surface area contributed by atoms with Crippen molar-refractivity contribution >= 4 is 11.6 Å². The third-order valence-electron chi connectivity index (χ3n) is 5.11. The zero-order valence-electron chi connectivity index (χ0n) is 16.7. The van der Waals surface area contributed by atoms with Crippen molar-refractivity contribution in [3.05, 3.63) is 54.1 Å². The monoisotopic (exact) mass is 392 g/mol. The molecule has 1 aromatic heterocycles. The van der Waals surface area contributed by atoms with Gasteiger partial charge in [0.25, 0.3) is 0 Å². The lowest BCUT2D eigenvalue weighted by Crippen LogP contribution is -2.49. The van der Waals surface area contributed by atoms with Crippen molar-refractivity contribution in [2.75, 3.05) is 38.2 Å². The Kier molecular flexibility index (Phi) is 5.41. The molecule has 1 aliphatic rings. The maximum Gasteiger partial charge on any atom is 0.246 e. The molecule has 0 aliphatic carbocycles. The highest BCUT2D eigenvalue weighted by Gasteiger charge is 2.22. The molecule has 0 unspecified atom stereocenters. The van der Waals surface area contributed by atoms with E-state index in [9.17, 15) is 4.79 Å². The van der Waals surface area contributed by atoms with E-state index in [0.29, 0.717) is 18.9 Å². The lowest BCUT2D eigenvalue weighted by Gasteiger charge is -2.36. The van der Waals surface area contributed by atoms with Crippen LogP contribution in [0.1, 0.15) is 5.56 Å². The fourth-order valence-corrected chi connectivity index (χ4v) is 3.36. The van der Waals surface area contributed by atoms with Gasteiger partial charge in [-0.15, -0.1) is 10.2 Å². The highest BCUT2D eigenvalue weighted by Crippen LogP contribution is 2.20. The van der Waals surface area contributed by atoms with E-state index < -0.39 is 0 Å². The van der Waals surface area contributed by atoms with E-state index in [-0.39, 0.29) is 12.5 Å². The SMILES string of the molecule is COc1ccc(N2CCN(C(=O)Cn3nnc(-c4ccc(C)cc4)n3)CC2)cc1. The summed E-state index contributed by atoms with van der Waals surface area (Å²) in [5, 5.41) is 12.5. The van der Waals surface area contributed by atoms with Gasteiger partial charge in [0, 0.05) is 37.4 Å². The Hall–Kier alpha value is -3.42. The summed E-state index contributed by atoms with van der Waals surface area (Å²) in [7, 11) is 1.66. The number of benzene rings is 2. The molecule has 0 atom stereocenters. The number of nitrogens with zero attached hydrogens (tertiary/aromatic N) is 6. The van der Waals surface area contributed by atoms with Gasteiger partial charge in [0.2, 0.25) is 11.7 Å². The van der Waals surface area contributed by atoms with Gasteiger partial charge in [-0.1, -0.05) is 29.8 Å². The van der Waals surface area contributed by atoms with Gasteiger partial charge in [-0.05, 0) is 36.4 Å². The van der Waals surface area contributed by atoms with Crippen LogP contribution in [0.2, 0.25) is 0 Å². The Labute approximate surface area is 169 Å². The van der Waals surface area contributed by atoms with Gasteiger partial charge in [0.05, 0.1) is 7.11 Å². The summed E-state index contributed by atoms with van der Waals surface area (Å²) >= 11 is 0. The smallest absolute Gasteiger partial charge is 0.246 e. The van der Waals surface area contributed by atoms with Crippen LogP contribution in [0.5, 0.6) is 5.75 Å². The number of piperazine rings is 1. The number of aromatic nitrogens is 4. The minimum absolute atomic E-state index is 0.00670. The van der Waals surface area contributed by atoms with E-state index in [1.165, 1.54) is 10.4 Å². The molecule has 0 saturated carbocycles. The number of tetrazole rings is 1. The molecule has 0 N–H and O–H groups in total. The van der Waals surface area contributed by atoms with Crippen LogP contribution < -0.4 is 9.64 Å². The summed E-state index contributed by atoms with van der Waals surface area (Å²) in [5.41, 5.74) is 3.20. The van der Waals surface area contributed by atoms with Crippen molar-refractivity contribution in [2.45, 2.75) is 13.5 Å². The molecule has 0 spiro atoms. The first-order chi connectivity index (χ1) is 14.1. The second kappa shape index (κ2) is 8.30. The number of hydrogen-bond donors (Lipinski definition) is 0. The first-order valence-electron chi connectivity index (χ1n) is 9.64. The number of rotatable bonds is 5. The van der Waals surface area contributed by atoms with Gasteiger partial charge >= 0.3 is 0 Å². The van der Waals surface area contributed by atoms with Crippen molar-refractivity contribution in [2.24, 2.45) is 0 Å². The molecule has 8 nitrogen and oxygen atoms in total. The summed E-state index contributed by atoms with van der Waals surface area (Å²) in [5.74, 6) is 1.38. The Morgan fingerprint density at radius 2 is 1.69 bits per heavy atom. The molecule has 1 aliphatic heterocycles. The van der Waals surface area contributed by atoms with Gasteiger partial charge in [0.15, 0.2) is 0 Å². The minimum atomic E-state index is 0.00670. The number of aryl methyl sites for hydroxylation is 1. The number of methoxy groups -OCH3 is 1. The second-order valence-electron chi connectivity index (χ2n) is 7.08. The highest BCUT2D eigenvalue weighted by atomic mass is 16.5. The van der Waals surface area contributed by atoms with E-state index >= 15 is 0 Å². The molecule has 2 aromatic carbocycles. The maximum atomic E-state index is 12.6. The van der Waals surface area contributed by atoms with Crippen LogP contribution in [0.3, 0.4) is 0 Å². The predicted molar refractivity (Wildman–Crippen MR) is 110 cm³/mol. The Balaban J connectivity index is 1.32. The van der Waals surface area contributed by atoms with E-state index in [0.717, 1.165) is 30.1 Å². The molecule has 150 valence electrons. The van der Waals surface area contributed by atoms with Crippen molar-refractivity contribution < 1.29 is 9.53 Å². The minimum Gasteiger partial charge on any atom is -0.497 e. The van der Waals surface area contributed by atoms with Crippen LogP contribution in [0.25, 0.3) is 11.4 Å². The number of ether oxygens (including phenoxy) is 1. The summed E-state index contributed by atoms with van der Waals surface area (Å²) in [4.78, 5) is 18.1. The maximum absolute atomic E-state index is 12.6. The molecule has 1 amide bonds. The fourth-order valence-electron chi connectivity index (χ4n) is 3.36. The van der Waals surface area contributed by atoms with Crippen molar-refractivity contribution in [1.82, 2.24) is 25.1 Å². The van der Waals surface area contributed by atoms with Crippen molar-refractivity contribution in [1.29, 1.82) is 0 Å². The topological polar surface area (TPSA) is 76.4 Å². The third kappa shape index (κ3) is 4.37. The quantitative estimate of drug-likeness (QED) is 0.661. The summed E-state index contributed by atoms with van der Waals surface area (Å²) in [6, 6.07) is 15.9. The zero-order valence-corrected chi connectivity index (χ0v) is 16.7. The fraction of sp³-hybridized carbons (Fsp3) is 0.333. The van der Waals surface area contributed by atoms with Crippen LogP contribution in [-0.2, 0) is 11.3 Å². The van der Waals surface area contributed by atoms with Gasteiger partial charge < -0.3 is 14.5 Å². The first kappa shape index (κ1) is 18.9. The Bertz CT molecular complexity index is 960. The summed E-state index contributed by atoms with van der Waals surface area (Å²) < 4.78 is 5.21. The van der Waals surface area contributed by atoms with Gasteiger partial charge in [0.1, 0.15) is 12.3 Å². The molecule has 0 radical (unpaired) electrons. The van der Waals surface area contributed by atoms with E-state index in [1.807, 2.05) is 60.4 Å². The molecule has 2 heterocycles. The predicted octanol–water partition coefficient (Wildman–Crippen LogP) is 2.01. The normalized spacial score (nSPS) is 14.1. The molecule has 0 bridgehead atoms. The zero-order chi connectivity index (χ0) is 20.2. The van der Waals surface area contributed by atoms with Crippen LogP contribution >= 0.6 is 0 Å². The largest absolute Gasteiger partial charge is 0.497 e. The summed E-state index contributed by atoms with van der Waals surface area (Å²) in [6.45, 7) is 5.05. The lowest BCUT2D eigenvalue weighted by atomic mass is 10.1. The van der Waals surface area contributed by atoms with Crippen molar-refractivity contribution in [3.63, 3.8) is 0 Å². The number of anilines is 1. The standard InChI is InChI=1S/C21H24N6O2/c1-16-3-5-17(6-4-16)21-22-24-27(23-21)15-20(28)26-13-11-25(12-14-26)18-7-9-19(29-2)10-8-18/h3-10H,11-15H2,1-2H3. The van der Waals surface area contributed by atoms with Crippen molar-refractivity contribution in [3.8, 4) is 17.1 Å². The Morgan fingerprint density at radius 1 is 1.00 bits per heavy atom. The summed E-state index contributed by atoms with van der Waals surface area (Å²) in [6.07, 6.45) is 0. The van der Waals surface area contributed by atoms with E-state index in [2.05, 4.69) is 20.3 Å². The molecule has 3 aromatic rings. The molecule has 4 rings (SSSR count). The average Bonchev–Trinajstić information content (AvgIpc) is 3.23. The first-order valence-corrected chi connectivity index (χ1v) is 9.64. The molecule has 1 fully saturated rings. The van der Waals surface area contributed by atoms with E-state index in [4.69, 9.17) is 4.74 Å². The number of amides is 1. The molecule has 29 heavy (non-hydrogen) atoms. The average molecular weight is 392 g/mol. The van der Waals surface area contributed by atoms with Crippen LogP contribution in [0.15, 0.2) is 48.5 Å². The van der Waals surface area contributed by atoms with Crippen LogP contribution in [0.4, 0.5) is 5.69 Å². The van der Waals surface area contributed by atoms with Crippen LogP contribution in [-0.4, -0.2) is 64.3 Å². The molecular weight excluding hydrogens is 368 g/mol. The van der Waals surface area contributed by atoms with E-state index in [1.54, 1.807) is 7.11 Å². The molecule has 8 heteroatoms. The van der Waals surface area contributed by atoms with Crippen LogP contribution in [0, 0.1) is 6.92 Å². The number of carbonyl (C=O) groups excluding carboxylic acids is 1. The lowest BCUT2D eigenvalue weighted by molar-refractivity contribution is -0.132. The van der Waals surface area contributed by atoms with Gasteiger partial charge in [-0.25, -0.2) is 0 Å². The Morgan fingerprint density at radius 3 is 2.34 bits per heavy atom. The highest BCUT2D eigenvalue weighted by molar-refractivity contribution is 5.76. The number of carbonyl (C=O) groups is 1. The van der Waals surface area contributed by atoms with Gasteiger partial charge in [-0.3, -0.25) is 4.79 Å². The molecule has 1 saturated heterocycles. The second-order valence-corrected chi connectivity index (χ2v) is 7.08. The number of hydrogen-bond acceptors (Lipinski definition) is 6. The molecular formula is C21H24N6O2. The third-order valence-corrected chi connectivity index (χ3v) is 5.11. The van der Waals surface area contributed by atoms with Gasteiger partial charge in [-0.2, -0.15) is 4.80 Å².